The van der Waals surface area contributed by atoms with E-state index in [2.05, 4.69) is 128 Å². The number of rotatable bonds is 3. The molecule has 0 fully saturated rings. The molecule has 1 aliphatic rings. The van der Waals surface area contributed by atoms with E-state index in [1.165, 1.54) is 60.9 Å². The molecule has 0 aliphatic heterocycles. The number of hydrogen-bond donors (Lipinski definition) is 0. The van der Waals surface area contributed by atoms with E-state index in [0.717, 1.165) is 22.5 Å². The standard InChI is InChI=1S/C39H31N3/c1-24-25(2)42(27-15-16-31-30-9-5-6-12-34(30)39(3,4)35(31)23-27)38-28(24)17-18-29-32(10-7-11-33(29)38)37-14-8-13-36(41-37)26-19-21-40-22-20-26/h5-23H,1-4H3. The van der Waals surface area contributed by atoms with Crippen molar-refractivity contribution in [1.82, 2.24) is 14.5 Å². The van der Waals surface area contributed by atoms with E-state index in [1.807, 2.05) is 24.5 Å². The van der Waals surface area contributed by atoms with Gasteiger partial charge in [0.05, 0.1) is 16.9 Å². The number of aryl methyl sites for hydroxylation is 1. The Labute approximate surface area is 246 Å². The van der Waals surface area contributed by atoms with Gasteiger partial charge in [-0.1, -0.05) is 80.6 Å². The van der Waals surface area contributed by atoms with E-state index >= 15 is 0 Å². The third-order valence-corrected chi connectivity index (χ3v) is 9.37. The number of aromatic nitrogens is 3. The van der Waals surface area contributed by atoms with Gasteiger partial charge in [-0.15, -0.1) is 0 Å². The third-order valence-electron chi connectivity index (χ3n) is 9.37. The van der Waals surface area contributed by atoms with Gasteiger partial charge in [0, 0.05) is 51.1 Å². The molecule has 0 bridgehead atoms. The van der Waals surface area contributed by atoms with Crippen molar-refractivity contribution in [3.05, 3.63) is 138 Å². The first kappa shape index (κ1) is 24.8. The van der Waals surface area contributed by atoms with Crippen LogP contribution in [0.2, 0.25) is 0 Å². The molecular formula is C39H31N3. The lowest BCUT2D eigenvalue weighted by Crippen LogP contribution is -2.15. The van der Waals surface area contributed by atoms with Crippen molar-refractivity contribution in [3.63, 3.8) is 0 Å². The minimum atomic E-state index is -0.0470. The van der Waals surface area contributed by atoms with Crippen molar-refractivity contribution < 1.29 is 0 Å². The van der Waals surface area contributed by atoms with Gasteiger partial charge in [-0.3, -0.25) is 4.98 Å². The normalized spacial score (nSPS) is 13.4. The van der Waals surface area contributed by atoms with Gasteiger partial charge in [0.15, 0.2) is 0 Å². The summed E-state index contributed by atoms with van der Waals surface area (Å²) in [6.07, 6.45) is 3.63. The fourth-order valence-electron chi connectivity index (χ4n) is 7.06. The molecule has 202 valence electrons. The third kappa shape index (κ3) is 3.46. The minimum Gasteiger partial charge on any atom is -0.313 e. The van der Waals surface area contributed by atoms with Crippen molar-refractivity contribution in [2.75, 3.05) is 0 Å². The number of benzene rings is 4. The zero-order valence-corrected chi connectivity index (χ0v) is 24.3. The second kappa shape index (κ2) is 8.99. The number of hydrogen-bond acceptors (Lipinski definition) is 2. The summed E-state index contributed by atoms with van der Waals surface area (Å²) in [4.78, 5) is 9.26. The lowest BCUT2D eigenvalue weighted by Gasteiger charge is -2.22. The first-order chi connectivity index (χ1) is 20.4. The number of fused-ring (bicyclic) bond motifs is 6. The van der Waals surface area contributed by atoms with Crippen molar-refractivity contribution in [2.45, 2.75) is 33.1 Å². The van der Waals surface area contributed by atoms with Crippen LogP contribution in [0, 0.1) is 13.8 Å². The van der Waals surface area contributed by atoms with E-state index in [1.54, 1.807) is 0 Å². The van der Waals surface area contributed by atoms with Crippen LogP contribution in [-0.4, -0.2) is 14.5 Å². The molecule has 3 heterocycles. The van der Waals surface area contributed by atoms with Gasteiger partial charge >= 0.3 is 0 Å². The van der Waals surface area contributed by atoms with Crippen LogP contribution in [0.3, 0.4) is 0 Å². The van der Waals surface area contributed by atoms with E-state index in [9.17, 15) is 0 Å². The highest BCUT2D eigenvalue weighted by Crippen LogP contribution is 2.49. The molecule has 1 aliphatic carbocycles. The summed E-state index contributed by atoms with van der Waals surface area (Å²) < 4.78 is 2.47. The Morgan fingerprint density at radius 2 is 1.31 bits per heavy atom. The van der Waals surface area contributed by atoms with E-state index < -0.39 is 0 Å². The molecule has 0 unspecified atom stereocenters. The Morgan fingerprint density at radius 1 is 0.595 bits per heavy atom. The van der Waals surface area contributed by atoms with E-state index in [4.69, 9.17) is 4.98 Å². The Morgan fingerprint density at radius 3 is 2.17 bits per heavy atom. The van der Waals surface area contributed by atoms with Crippen molar-refractivity contribution in [3.8, 4) is 39.3 Å². The fraction of sp³-hybridized carbons (Fsp3) is 0.128. The van der Waals surface area contributed by atoms with Gasteiger partial charge in [-0.25, -0.2) is 4.98 Å². The highest BCUT2D eigenvalue weighted by atomic mass is 15.0. The minimum absolute atomic E-state index is 0.0470. The Kier molecular flexibility index (Phi) is 5.30. The van der Waals surface area contributed by atoms with Crippen LogP contribution in [0.5, 0.6) is 0 Å². The molecular weight excluding hydrogens is 510 g/mol. The van der Waals surface area contributed by atoms with Crippen LogP contribution in [-0.2, 0) is 5.41 Å². The van der Waals surface area contributed by atoms with Crippen LogP contribution in [0.25, 0.3) is 61.0 Å². The first-order valence-corrected chi connectivity index (χ1v) is 14.6. The molecule has 42 heavy (non-hydrogen) atoms. The van der Waals surface area contributed by atoms with Crippen molar-refractivity contribution in [2.24, 2.45) is 0 Å². The average molecular weight is 542 g/mol. The number of pyridine rings is 2. The molecule has 0 N–H and O–H groups in total. The van der Waals surface area contributed by atoms with Gasteiger partial charge in [-0.2, -0.15) is 0 Å². The lowest BCUT2D eigenvalue weighted by molar-refractivity contribution is 0.659. The van der Waals surface area contributed by atoms with Crippen LogP contribution < -0.4 is 0 Å². The van der Waals surface area contributed by atoms with Crippen LogP contribution >= 0.6 is 0 Å². The molecule has 3 heteroatoms. The summed E-state index contributed by atoms with van der Waals surface area (Å²) in [5.74, 6) is 0. The van der Waals surface area contributed by atoms with Crippen LogP contribution in [0.15, 0.2) is 116 Å². The molecule has 0 spiro atoms. The maximum Gasteiger partial charge on any atom is 0.0715 e. The quantitative estimate of drug-likeness (QED) is 0.223. The first-order valence-electron chi connectivity index (χ1n) is 14.6. The topological polar surface area (TPSA) is 30.7 Å². The molecule has 0 radical (unpaired) electrons. The average Bonchev–Trinajstić information content (AvgIpc) is 3.43. The monoisotopic (exact) mass is 541 g/mol. The summed E-state index contributed by atoms with van der Waals surface area (Å²) in [6, 6.07) is 37.4. The lowest BCUT2D eigenvalue weighted by atomic mass is 9.82. The second-order valence-corrected chi connectivity index (χ2v) is 12.0. The van der Waals surface area contributed by atoms with E-state index in [0.29, 0.717) is 0 Å². The van der Waals surface area contributed by atoms with Gasteiger partial charge in [0.2, 0.25) is 0 Å². The van der Waals surface area contributed by atoms with E-state index in [-0.39, 0.29) is 5.41 Å². The van der Waals surface area contributed by atoms with Crippen LogP contribution in [0.1, 0.15) is 36.2 Å². The zero-order chi connectivity index (χ0) is 28.6. The zero-order valence-electron chi connectivity index (χ0n) is 24.3. The van der Waals surface area contributed by atoms with Crippen molar-refractivity contribution in [1.29, 1.82) is 0 Å². The van der Waals surface area contributed by atoms with Crippen LogP contribution in [0.4, 0.5) is 0 Å². The smallest absolute Gasteiger partial charge is 0.0715 e. The van der Waals surface area contributed by atoms with Gasteiger partial charge in [0.25, 0.3) is 0 Å². The largest absolute Gasteiger partial charge is 0.313 e. The maximum atomic E-state index is 5.09. The van der Waals surface area contributed by atoms with Gasteiger partial charge < -0.3 is 4.57 Å². The van der Waals surface area contributed by atoms with Crippen molar-refractivity contribution >= 4 is 21.7 Å². The van der Waals surface area contributed by atoms with Gasteiger partial charge in [0.1, 0.15) is 0 Å². The summed E-state index contributed by atoms with van der Waals surface area (Å²) in [5.41, 5.74) is 14.6. The summed E-state index contributed by atoms with van der Waals surface area (Å²) in [7, 11) is 0. The fourth-order valence-corrected chi connectivity index (χ4v) is 7.06. The highest BCUT2D eigenvalue weighted by Gasteiger charge is 2.35. The summed E-state index contributed by atoms with van der Waals surface area (Å²) >= 11 is 0. The summed E-state index contributed by atoms with van der Waals surface area (Å²) in [5, 5.41) is 3.73. The summed E-state index contributed by atoms with van der Waals surface area (Å²) in [6.45, 7) is 9.19. The molecule has 3 aromatic heterocycles. The molecule has 7 aromatic rings. The predicted octanol–water partition coefficient (Wildman–Crippen LogP) is 9.83. The molecule has 3 nitrogen and oxygen atoms in total. The molecule has 0 saturated heterocycles. The molecule has 8 rings (SSSR count). The maximum absolute atomic E-state index is 5.09. The second-order valence-electron chi connectivity index (χ2n) is 12.0. The molecule has 0 atom stereocenters. The molecule has 0 saturated carbocycles. The predicted molar refractivity (Wildman–Crippen MR) is 174 cm³/mol. The Hall–Kier alpha value is -5.02. The molecule has 4 aromatic carbocycles. The Balaban J connectivity index is 1.35. The number of nitrogens with zero attached hydrogens (tertiary/aromatic N) is 3. The highest BCUT2D eigenvalue weighted by molar-refractivity contribution is 6.12. The SMILES string of the molecule is Cc1c(C)n(-c2ccc3c(c2)C(C)(C)c2ccccc2-3)c2c1ccc1c(-c3cccc(-c4ccncc4)n3)cccc12. The van der Waals surface area contributed by atoms with Gasteiger partial charge in [-0.05, 0) is 83.4 Å². The Bertz CT molecular complexity index is 2180. The molecule has 0 amide bonds.